The second-order valence-corrected chi connectivity index (χ2v) is 3.52. The van der Waals surface area contributed by atoms with Crippen LogP contribution in [0.25, 0.3) is 0 Å². The molecule has 0 bridgehead atoms. The molecule has 84 valence electrons. The number of aromatic nitrogens is 1. The van der Waals surface area contributed by atoms with Crippen LogP contribution >= 0.6 is 12.4 Å². The number of hydrogen-bond donors (Lipinski definition) is 2. The molecule has 1 aromatic heterocycles. The van der Waals surface area contributed by atoms with Crippen LogP contribution < -0.4 is 15.8 Å². The minimum absolute atomic E-state index is 0. The molecule has 2 rings (SSSR count). The predicted octanol–water partition coefficient (Wildman–Crippen LogP) is 1.22. The van der Waals surface area contributed by atoms with Crippen molar-refractivity contribution in [1.29, 1.82) is 0 Å². The fourth-order valence-corrected chi connectivity index (χ4v) is 1.55. The van der Waals surface area contributed by atoms with E-state index in [0.29, 0.717) is 11.6 Å². The number of anilines is 1. The van der Waals surface area contributed by atoms with Gasteiger partial charge in [0.25, 0.3) is 0 Å². The first-order valence-corrected chi connectivity index (χ1v) is 4.93. The van der Waals surface area contributed by atoms with E-state index < -0.39 is 0 Å². The number of nitrogen functional groups attached to an aromatic ring is 1. The quantitative estimate of drug-likeness (QED) is 0.801. The molecule has 1 atom stereocenters. The monoisotopic (exact) mass is 229 g/mol. The molecule has 0 amide bonds. The van der Waals surface area contributed by atoms with Gasteiger partial charge in [0.05, 0.1) is 11.9 Å². The van der Waals surface area contributed by atoms with Crippen LogP contribution in [0.15, 0.2) is 18.3 Å². The summed E-state index contributed by atoms with van der Waals surface area (Å²) in [4.78, 5) is 4.10. The summed E-state index contributed by atoms with van der Waals surface area (Å²) in [6.07, 6.45) is 4.13. The molecule has 0 aromatic carbocycles. The molecule has 0 aliphatic carbocycles. The molecule has 0 saturated carbocycles. The van der Waals surface area contributed by atoms with Gasteiger partial charge in [0.2, 0.25) is 5.88 Å². The Hall–Kier alpha value is -1.00. The van der Waals surface area contributed by atoms with E-state index in [0.717, 1.165) is 19.5 Å². The third-order valence-corrected chi connectivity index (χ3v) is 2.30. The Morgan fingerprint density at radius 1 is 1.47 bits per heavy atom. The highest BCUT2D eigenvalue weighted by atomic mass is 35.5. The SMILES string of the molecule is Cl.Nc1ccc(O[C@@H]2CCCNC2)nc1. The van der Waals surface area contributed by atoms with E-state index in [4.69, 9.17) is 10.5 Å². The highest BCUT2D eigenvalue weighted by molar-refractivity contribution is 5.85. The zero-order chi connectivity index (χ0) is 9.80. The molecule has 1 aliphatic heterocycles. The molecule has 1 aliphatic rings. The Balaban J connectivity index is 0.00000112. The number of pyridine rings is 1. The van der Waals surface area contributed by atoms with Crippen molar-refractivity contribution in [1.82, 2.24) is 10.3 Å². The van der Waals surface area contributed by atoms with Crippen molar-refractivity contribution < 1.29 is 4.74 Å². The van der Waals surface area contributed by atoms with Gasteiger partial charge < -0.3 is 15.8 Å². The summed E-state index contributed by atoms with van der Waals surface area (Å²) in [7, 11) is 0. The fraction of sp³-hybridized carbons (Fsp3) is 0.500. The third kappa shape index (κ3) is 3.57. The Morgan fingerprint density at radius 3 is 2.93 bits per heavy atom. The Bertz CT molecular complexity index is 285. The summed E-state index contributed by atoms with van der Waals surface area (Å²) < 4.78 is 5.68. The van der Waals surface area contributed by atoms with Gasteiger partial charge in [0.1, 0.15) is 6.10 Å². The van der Waals surface area contributed by atoms with Crippen LogP contribution in [0, 0.1) is 0 Å². The second kappa shape index (κ2) is 5.78. The number of nitrogens with one attached hydrogen (secondary N) is 1. The lowest BCUT2D eigenvalue weighted by molar-refractivity contribution is 0.160. The highest BCUT2D eigenvalue weighted by Crippen LogP contribution is 2.13. The zero-order valence-corrected chi connectivity index (χ0v) is 9.30. The maximum atomic E-state index is 5.68. The number of halogens is 1. The fourth-order valence-electron chi connectivity index (χ4n) is 1.55. The number of rotatable bonds is 2. The lowest BCUT2D eigenvalue weighted by Gasteiger charge is -2.23. The van der Waals surface area contributed by atoms with E-state index in [9.17, 15) is 0 Å². The van der Waals surface area contributed by atoms with Crippen molar-refractivity contribution in [2.75, 3.05) is 18.8 Å². The molecular weight excluding hydrogens is 214 g/mol. The van der Waals surface area contributed by atoms with Gasteiger partial charge in [0, 0.05) is 12.6 Å². The standard InChI is InChI=1S/C10H15N3O.ClH/c11-8-3-4-10(13-6-8)14-9-2-1-5-12-7-9;/h3-4,6,9,12H,1-2,5,7,11H2;1H/t9-;/m1./s1. The second-order valence-electron chi connectivity index (χ2n) is 3.52. The first kappa shape index (κ1) is 12.1. The number of nitrogens with zero attached hydrogens (tertiary/aromatic N) is 1. The van der Waals surface area contributed by atoms with Crippen LogP contribution in [-0.2, 0) is 0 Å². The smallest absolute Gasteiger partial charge is 0.213 e. The molecule has 0 radical (unpaired) electrons. The van der Waals surface area contributed by atoms with E-state index in [2.05, 4.69) is 10.3 Å². The molecule has 4 nitrogen and oxygen atoms in total. The number of nitrogens with two attached hydrogens (primary N) is 1. The average Bonchev–Trinajstić information content (AvgIpc) is 2.23. The van der Waals surface area contributed by atoms with E-state index in [1.165, 1.54) is 6.42 Å². The van der Waals surface area contributed by atoms with Gasteiger partial charge in [-0.25, -0.2) is 4.98 Å². The lowest BCUT2D eigenvalue weighted by atomic mass is 10.1. The summed E-state index contributed by atoms with van der Waals surface area (Å²) >= 11 is 0. The third-order valence-electron chi connectivity index (χ3n) is 2.30. The van der Waals surface area contributed by atoms with Gasteiger partial charge >= 0.3 is 0 Å². The summed E-state index contributed by atoms with van der Waals surface area (Å²) in [6, 6.07) is 3.61. The van der Waals surface area contributed by atoms with Crippen LogP contribution in [0.4, 0.5) is 5.69 Å². The maximum Gasteiger partial charge on any atom is 0.213 e. The van der Waals surface area contributed by atoms with Crippen LogP contribution in [0.3, 0.4) is 0 Å². The molecule has 2 heterocycles. The molecular formula is C10H16ClN3O. The molecule has 0 spiro atoms. The Kier molecular flexibility index (Phi) is 4.65. The topological polar surface area (TPSA) is 60.2 Å². The van der Waals surface area contributed by atoms with Gasteiger partial charge in [-0.05, 0) is 25.5 Å². The van der Waals surface area contributed by atoms with Crippen molar-refractivity contribution in [2.45, 2.75) is 18.9 Å². The van der Waals surface area contributed by atoms with E-state index in [-0.39, 0.29) is 18.5 Å². The van der Waals surface area contributed by atoms with E-state index in [1.54, 1.807) is 12.3 Å². The average molecular weight is 230 g/mol. The maximum absolute atomic E-state index is 5.68. The lowest BCUT2D eigenvalue weighted by Crippen LogP contribution is -2.37. The predicted molar refractivity (Wildman–Crippen MR) is 62.4 cm³/mol. The summed E-state index contributed by atoms with van der Waals surface area (Å²) in [5, 5.41) is 3.29. The Labute approximate surface area is 95.6 Å². The van der Waals surface area contributed by atoms with Gasteiger partial charge in [-0.15, -0.1) is 12.4 Å². The molecule has 0 unspecified atom stereocenters. The van der Waals surface area contributed by atoms with Crippen molar-refractivity contribution in [3.05, 3.63) is 18.3 Å². The van der Waals surface area contributed by atoms with Crippen LogP contribution in [0.1, 0.15) is 12.8 Å². The molecule has 1 saturated heterocycles. The molecule has 5 heteroatoms. The van der Waals surface area contributed by atoms with Crippen LogP contribution in [0.2, 0.25) is 0 Å². The normalized spacial score (nSPS) is 20.4. The zero-order valence-electron chi connectivity index (χ0n) is 8.48. The molecule has 1 fully saturated rings. The van der Waals surface area contributed by atoms with Gasteiger partial charge in [0.15, 0.2) is 0 Å². The molecule has 1 aromatic rings. The summed E-state index contributed by atoms with van der Waals surface area (Å²) in [6.45, 7) is 2.00. The van der Waals surface area contributed by atoms with Gasteiger partial charge in [-0.2, -0.15) is 0 Å². The number of ether oxygens (including phenoxy) is 1. The minimum Gasteiger partial charge on any atom is -0.473 e. The number of hydrogen-bond acceptors (Lipinski definition) is 4. The number of piperidine rings is 1. The minimum atomic E-state index is 0. The summed E-state index contributed by atoms with van der Waals surface area (Å²) in [5.74, 6) is 0.660. The first-order chi connectivity index (χ1) is 6.84. The first-order valence-electron chi connectivity index (χ1n) is 4.93. The van der Waals surface area contributed by atoms with Crippen molar-refractivity contribution >= 4 is 18.1 Å². The van der Waals surface area contributed by atoms with E-state index in [1.807, 2.05) is 6.07 Å². The van der Waals surface area contributed by atoms with E-state index >= 15 is 0 Å². The van der Waals surface area contributed by atoms with Gasteiger partial charge in [-0.1, -0.05) is 0 Å². The highest BCUT2D eigenvalue weighted by Gasteiger charge is 2.14. The molecule has 3 N–H and O–H groups in total. The molecule has 15 heavy (non-hydrogen) atoms. The van der Waals surface area contributed by atoms with Gasteiger partial charge in [-0.3, -0.25) is 0 Å². The largest absolute Gasteiger partial charge is 0.473 e. The van der Waals surface area contributed by atoms with Crippen LogP contribution in [-0.4, -0.2) is 24.2 Å². The van der Waals surface area contributed by atoms with Crippen molar-refractivity contribution in [3.63, 3.8) is 0 Å². The van der Waals surface area contributed by atoms with Crippen LogP contribution in [0.5, 0.6) is 5.88 Å². The van der Waals surface area contributed by atoms with Crippen molar-refractivity contribution in [2.24, 2.45) is 0 Å². The van der Waals surface area contributed by atoms with Crippen molar-refractivity contribution in [3.8, 4) is 5.88 Å². The Morgan fingerprint density at radius 2 is 2.33 bits per heavy atom. The summed E-state index contributed by atoms with van der Waals surface area (Å²) in [5.41, 5.74) is 6.20.